The predicted octanol–water partition coefficient (Wildman–Crippen LogP) is -1.67. The van der Waals surface area contributed by atoms with Gasteiger partial charge in [0.25, 0.3) is 0 Å². The summed E-state index contributed by atoms with van der Waals surface area (Å²) in [5.41, 5.74) is 0. The van der Waals surface area contributed by atoms with Crippen LogP contribution in [-0.2, 0) is 4.74 Å². The zero-order valence-electron chi connectivity index (χ0n) is 8.85. The Bertz CT molecular complexity index is 137. The number of aliphatic hydroxyl groups excluding tert-OH is 2. The van der Waals surface area contributed by atoms with Gasteiger partial charge in [0.15, 0.2) is 0 Å². The molecule has 1 aliphatic heterocycles. The standard InChI is InChI=1S/C8H16O3.B3H2/c1-6-2-8(10)7(3-9)5-11-4-6;1-3-2/h6-10H,2-5H2,1H3;1-2H/t6-,7-,8+;/m0./s1. The van der Waals surface area contributed by atoms with Crippen LogP contribution in [0.1, 0.15) is 13.3 Å². The van der Waals surface area contributed by atoms with Crippen LogP contribution in [0.25, 0.3) is 0 Å². The first-order chi connectivity index (χ1) is 6.65. The van der Waals surface area contributed by atoms with Crippen molar-refractivity contribution in [3.8, 4) is 0 Å². The number of rotatable bonds is 1. The molecule has 6 heteroatoms. The zero-order chi connectivity index (χ0) is 11.0. The first kappa shape index (κ1) is 14.1. The van der Waals surface area contributed by atoms with Gasteiger partial charge in [0.1, 0.15) is 0 Å². The Hall–Kier alpha value is 0.0748. The smallest absolute Gasteiger partial charge is 0.0615 e. The molecule has 1 fully saturated rings. The van der Waals surface area contributed by atoms with Crippen molar-refractivity contribution in [3.05, 3.63) is 0 Å². The molecule has 0 aliphatic carbocycles. The van der Waals surface area contributed by atoms with Crippen molar-refractivity contribution in [2.24, 2.45) is 11.8 Å². The van der Waals surface area contributed by atoms with Crippen molar-refractivity contribution in [2.45, 2.75) is 19.4 Å². The van der Waals surface area contributed by atoms with Crippen molar-refractivity contribution in [1.29, 1.82) is 0 Å². The summed E-state index contributed by atoms with van der Waals surface area (Å²) in [6.45, 7) is 3.26. The van der Waals surface area contributed by atoms with E-state index in [4.69, 9.17) is 9.84 Å². The van der Waals surface area contributed by atoms with Crippen molar-refractivity contribution in [2.75, 3.05) is 19.8 Å². The van der Waals surface area contributed by atoms with Gasteiger partial charge in [-0.2, -0.15) is 0 Å². The fraction of sp³-hybridized carbons (Fsp3) is 1.00. The minimum absolute atomic E-state index is 0.0217. The zero-order valence-corrected chi connectivity index (χ0v) is 8.85. The normalized spacial score (nSPS) is 32.4. The molecule has 0 bridgehead atoms. The summed E-state index contributed by atoms with van der Waals surface area (Å²) >= 11 is 0. The Labute approximate surface area is 89.3 Å². The highest BCUT2D eigenvalue weighted by molar-refractivity contribution is 7.17. The van der Waals surface area contributed by atoms with Crippen LogP contribution < -0.4 is 0 Å². The number of aliphatic hydroxyl groups is 2. The molecule has 0 saturated carbocycles. The van der Waals surface area contributed by atoms with Crippen LogP contribution in [0.15, 0.2) is 0 Å². The number of hydrogen-bond acceptors (Lipinski definition) is 3. The third kappa shape index (κ3) is 5.73. The minimum atomic E-state index is -0.391. The molecule has 1 heterocycles. The van der Waals surface area contributed by atoms with Gasteiger partial charge in [0, 0.05) is 35.1 Å². The van der Waals surface area contributed by atoms with E-state index in [-0.39, 0.29) is 12.5 Å². The summed E-state index contributed by atoms with van der Waals surface area (Å²) in [6, 6.07) is 0. The van der Waals surface area contributed by atoms with Gasteiger partial charge in [-0.1, -0.05) is 6.92 Å². The molecule has 0 spiro atoms. The summed E-state index contributed by atoms with van der Waals surface area (Å²) in [5.74, 6) is 0.321. The second-order valence-electron chi connectivity index (χ2n) is 3.68. The van der Waals surface area contributed by atoms with Crippen molar-refractivity contribution >= 4 is 22.5 Å². The monoisotopic (exact) mass is 195 g/mol. The van der Waals surface area contributed by atoms with Crippen molar-refractivity contribution in [1.82, 2.24) is 0 Å². The van der Waals surface area contributed by atoms with Crippen LogP contribution in [0, 0.1) is 11.8 Å². The van der Waals surface area contributed by atoms with Crippen LogP contribution >= 0.6 is 0 Å². The first-order valence-corrected chi connectivity index (χ1v) is 4.92. The Morgan fingerprint density at radius 3 is 2.50 bits per heavy atom. The maximum Gasteiger partial charge on any atom is 0.0615 e. The SMILES string of the molecule is C[C@@H]1COC[C@H](CO)[C@H](O)C1.[BH][B][BH]. The van der Waals surface area contributed by atoms with E-state index in [2.05, 4.69) is 15.5 Å². The highest BCUT2D eigenvalue weighted by atomic mass is 16.5. The molecule has 1 rings (SSSR count). The third-order valence-corrected chi connectivity index (χ3v) is 2.16. The molecule has 77 valence electrons. The molecule has 14 heavy (non-hydrogen) atoms. The second-order valence-corrected chi connectivity index (χ2v) is 3.68. The van der Waals surface area contributed by atoms with E-state index in [1.54, 1.807) is 0 Å². The van der Waals surface area contributed by atoms with Gasteiger partial charge in [0.2, 0.25) is 0 Å². The first-order valence-electron chi connectivity index (χ1n) is 4.92. The van der Waals surface area contributed by atoms with Gasteiger partial charge in [0.05, 0.1) is 19.3 Å². The van der Waals surface area contributed by atoms with Crippen LogP contribution in [0.5, 0.6) is 0 Å². The molecule has 0 amide bonds. The van der Waals surface area contributed by atoms with Gasteiger partial charge < -0.3 is 14.9 Å². The fourth-order valence-corrected chi connectivity index (χ4v) is 1.38. The molecular formula is C8H18B3O3. The molecule has 0 unspecified atom stereocenters. The maximum atomic E-state index is 9.48. The second kappa shape index (κ2) is 8.39. The van der Waals surface area contributed by atoms with Crippen molar-refractivity contribution < 1.29 is 14.9 Å². The van der Waals surface area contributed by atoms with E-state index in [0.29, 0.717) is 19.1 Å². The highest BCUT2D eigenvalue weighted by Gasteiger charge is 2.24. The molecular weight excluding hydrogens is 177 g/mol. The van der Waals surface area contributed by atoms with Crippen LogP contribution in [-0.4, -0.2) is 58.7 Å². The van der Waals surface area contributed by atoms with E-state index in [1.807, 2.05) is 6.92 Å². The van der Waals surface area contributed by atoms with E-state index in [9.17, 15) is 5.11 Å². The topological polar surface area (TPSA) is 49.7 Å². The van der Waals surface area contributed by atoms with Crippen LogP contribution in [0.2, 0.25) is 0 Å². The molecule has 3 nitrogen and oxygen atoms in total. The molecule has 3 radical (unpaired) electrons. The predicted molar refractivity (Wildman–Crippen MR) is 61.2 cm³/mol. The Morgan fingerprint density at radius 2 is 2.00 bits per heavy atom. The third-order valence-electron chi connectivity index (χ3n) is 2.16. The van der Waals surface area contributed by atoms with Gasteiger partial charge in [-0.3, -0.25) is 0 Å². The van der Waals surface area contributed by atoms with Gasteiger partial charge >= 0.3 is 0 Å². The summed E-state index contributed by atoms with van der Waals surface area (Å²) in [5, 5.41) is 18.3. The average Bonchev–Trinajstić information content (AvgIpc) is 2.27. The lowest BCUT2D eigenvalue weighted by molar-refractivity contribution is 0.0262. The van der Waals surface area contributed by atoms with E-state index >= 15 is 0 Å². The molecule has 1 saturated heterocycles. The Balaban J connectivity index is 0.000000500. The lowest BCUT2D eigenvalue weighted by atomic mass is 9.40. The summed E-state index contributed by atoms with van der Waals surface area (Å²) < 4.78 is 5.26. The Kier molecular flexibility index (Phi) is 8.43. The minimum Gasteiger partial charge on any atom is -0.396 e. The lowest BCUT2D eigenvalue weighted by Gasteiger charge is -2.16. The number of hydrogen-bond donors (Lipinski definition) is 2. The maximum absolute atomic E-state index is 9.48. The molecule has 0 aromatic heterocycles. The van der Waals surface area contributed by atoms with E-state index in [0.717, 1.165) is 6.42 Å². The molecule has 3 atom stereocenters. The average molecular weight is 195 g/mol. The van der Waals surface area contributed by atoms with Crippen LogP contribution in [0.4, 0.5) is 0 Å². The fourth-order valence-electron chi connectivity index (χ4n) is 1.38. The summed E-state index contributed by atoms with van der Waals surface area (Å²) in [6.07, 6.45) is 0.350. The summed E-state index contributed by atoms with van der Waals surface area (Å²) in [7, 11) is 8.00. The van der Waals surface area contributed by atoms with Crippen LogP contribution in [0.3, 0.4) is 0 Å². The number of ether oxygens (including phenoxy) is 1. The molecule has 1 aliphatic rings. The quantitative estimate of drug-likeness (QED) is 0.491. The van der Waals surface area contributed by atoms with Gasteiger partial charge in [-0.15, -0.1) is 0 Å². The van der Waals surface area contributed by atoms with E-state index < -0.39 is 6.10 Å². The van der Waals surface area contributed by atoms with Crippen molar-refractivity contribution in [3.63, 3.8) is 0 Å². The molecule has 0 aromatic carbocycles. The molecule has 2 N–H and O–H groups in total. The van der Waals surface area contributed by atoms with Gasteiger partial charge in [-0.05, 0) is 12.3 Å². The summed E-state index contributed by atoms with van der Waals surface area (Å²) in [4.78, 5) is 0. The Morgan fingerprint density at radius 1 is 1.43 bits per heavy atom. The lowest BCUT2D eigenvalue weighted by Crippen LogP contribution is -2.26. The molecule has 0 aromatic rings. The van der Waals surface area contributed by atoms with E-state index in [1.165, 1.54) is 7.06 Å². The highest BCUT2D eigenvalue weighted by Crippen LogP contribution is 2.18. The van der Waals surface area contributed by atoms with Gasteiger partial charge in [-0.25, -0.2) is 0 Å². The largest absolute Gasteiger partial charge is 0.396 e.